The number of pyridine rings is 1. The van der Waals surface area contributed by atoms with Crippen molar-refractivity contribution in [2.75, 3.05) is 0 Å². The van der Waals surface area contributed by atoms with E-state index in [1.807, 2.05) is 11.3 Å². The first-order chi connectivity index (χ1) is 20.3. The van der Waals surface area contributed by atoms with Gasteiger partial charge in [-0.3, -0.25) is 0 Å². The van der Waals surface area contributed by atoms with Crippen molar-refractivity contribution in [3.63, 3.8) is 0 Å². The molecule has 8 aromatic rings. The molecule has 190 valence electrons. The van der Waals surface area contributed by atoms with Gasteiger partial charge in [-0.05, 0) is 68.8 Å². The molecule has 2 heterocycles. The van der Waals surface area contributed by atoms with E-state index in [4.69, 9.17) is 4.98 Å². The van der Waals surface area contributed by atoms with Crippen LogP contribution in [0.2, 0.25) is 0 Å². The first-order valence-electron chi connectivity index (χ1n) is 14.0. The SMILES string of the molecule is c1ccc2c(c1)-c1ccccc1-c1ccc3nc(-c4cccc5c4sc4ccccc45)ccc3c1-c1ccccc1-2. The van der Waals surface area contributed by atoms with Gasteiger partial charge in [0.1, 0.15) is 0 Å². The Labute approximate surface area is 242 Å². The molecular formula is C39H23NS. The lowest BCUT2D eigenvalue weighted by Crippen LogP contribution is -1.98. The fourth-order valence-corrected chi connectivity index (χ4v) is 7.88. The Hall–Kier alpha value is -5.05. The highest BCUT2D eigenvalue weighted by Gasteiger charge is 2.23. The van der Waals surface area contributed by atoms with E-state index >= 15 is 0 Å². The van der Waals surface area contributed by atoms with Gasteiger partial charge in [0.15, 0.2) is 0 Å². The minimum Gasteiger partial charge on any atom is -0.248 e. The third kappa shape index (κ3) is 3.32. The van der Waals surface area contributed by atoms with Crippen molar-refractivity contribution in [1.82, 2.24) is 4.98 Å². The summed E-state index contributed by atoms with van der Waals surface area (Å²) in [4.78, 5) is 5.31. The van der Waals surface area contributed by atoms with Crippen LogP contribution in [0.4, 0.5) is 0 Å². The van der Waals surface area contributed by atoms with Crippen LogP contribution in [0.3, 0.4) is 0 Å². The summed E-state index contributed by atoms with van der Waals surface area (Å²) in [6, 6.07) is 50.7. The summed E-state index contributed by atoms with van der Waals surface area (Å²) in [7, 11) is 0. The molecule has 2 aromatic heterocycles. The summed E-state index contributed by atoms with van der Waals surface area (Å²) < 4.78 is 2.61. The molecule has 6 aromatic carbocycles. The Morgan fingerprint density at radius 2 is 0.927 bits per heavy atom. The molecule has 0 fully saturated rings. The van der Waals surface area contributed by atoms with Crippen molar-refractivity contribution in [3.8, 4) is 55.8 Å². The smallest absolute Gasteiger partial charge is 0.0724 e. The van der Waals surface area contributed by atoms with Crippen LogP contribution in [0.1, 0.15) is 0 Å². The zero-order valence-electron chi connectivity index (χ0n) is 22.1. The van der Waals surface area contributed by atoms with Crippen LogP contribution in [0.5, 0.6) is 0 Å². The molecule has 0 aliphatic heterocycles. The summed E-state index contributed by atoms with van der Waals surface area (Å²) in [5.41, 5.74) is 13.3. The van der Waals surface area contributed by atoms with Crippen molar-refractivity contribution in [1.29, 1.82) is 0 Å². The Morgan fingerprint density at radius 3 is 1.66 bits per heavy atom. The highest BCUT2D eigenvalue weighted by molar-refractivity contribution is 7.26. The molecule has 2 heteroatoms. The Kier molecular flexibility index (Phi) is 4.84. The molecule has 1 nitrogen and oxygen atoms in total. The second-order valence-electron chi connectivity index (χ2n) is 10.7. The van der Waals surface area contributed by atoms with Crippen molar-refractivity contribution in [2.45, 2.75) is 0 Å². The van der Waals surface area contributed by atoms with Gasteiger partial charge in [-0.15, -0.1) is 11.3 Å². The predicted octanol–water partition coefficient (Wildman–Crippen LogP) is 11.3. The number of benzene rings is 6. The number of thiophene rings is 1. The fourth-order valence-electron chi connectivity index (χ4n) is 6.66. The van der Waals surface area contributed by atoms with E-state index in [-0.39, 0.29) is 0 Å². The summed E-state index contributed by atoms with van der Waals surface area (Å²) in [6.45, 7) is 0. The van der Waals surface area contributed by atoms with Crippen molar-refractivity contribution >= 4 is 42.4 Å². The zero-order valence-corrected chi connectivity index (χ0v) is 23.0. The maximum absolute atomic E-state index is 5.31. The maximum atomic E-state index is 5.31. The molecule has 0 radical (unpaired) electrons. The second kappa shape index (κ2) is 8.72. The molecular weight excluding hydrogens is 515 g/mol. The lowest BCUT2D eigenvalue weighted by molar-refractivity contribution is 1.41. The first kappa shape index (κ1) is 22.7. The van der Waals surface area contributed by atoms with E-state index in [0.717, 1.165) is 11.2 Å². The van der Waals surface area contributed by atoms with Gasteiger partial charge in [0.05, 0.1) is 11.2 Å². The summed E-state index contributed by atoms with van der Waals surface area (Å²) >= 11 is 1.85. The molecule has 9 rings (SSSR count). The highest BCUT2D eigenvalue weighted by atomic mass is 32.1. The standard InChI is InChI=1S/C39H23NS/c1-2-11-25-24(10-1)26-12-3-4-14-28(26)31-20-22-35-33(38(31)30-16-6-5-13-27(25)30)21-23-36(40-35)34-18-9-17-32-29-15-7-8-19-37(29)41-39(32)34/h1-23H. The average molecular weight is 538 g/mol. The van der Waals surface area contributed by atoms with Gasteiger partial charge in [-0.1, -0.05) is 115 Å². The van der Waals surface area contributed by atoms with Crippen molar-refractivity contribution in [3.05, 3.63) is 140 Å². The van der Waals surface area contributed by atoms with E-state index in [1.165, 1.54) is 75.6 Å². The number of hydrogen-bond acceptors (Lipinski definition) is 2. The third-order valence-electron chi connectivity index (χ3n) is 8.47. The number of aromatic nitrogens is 1. The summed E-state index contributed by atoms with van der Waals surface area (Å²) in [5.74, 6) is 0. The largest absolute Gasteiger partial charge is 0.248 e. The molecule has 0 saturated heterocycles. The molecule has 0 N–H and O–H groups in total. The maximum Gasteiger partial charge on any atom is 0.0724 e. The average Bonchev–Trinajstić information content (AvgIpc) is 3.42. The molecule has 0 amide bonds. The Balaban J connectivity index is 1.34. The van der Waals surface area contributed by atoms with Crippen LogP contribution in [0.25, 0.3) is 86.8 Å². The van der Waals surface area contributed by atoms with Crippen LogP contribution >= 0.6 is 11.3 Å². The third-order valence-corrected chi connectivity index (χ3v) is 9.69. The van der Waals surface area contributed by atoms with Gasteiger partial charge in [0, 0.05) is 31.1 Å². The quantitative estimate of drug-likeness (QED) is 0.203. The predicted molar refractivity (Wildman–Crippen MR) is 175 cm³/mol. The number of hydrogen-bond donors (Lipinski definition) is 0. The van der Waals surface area contributed by atoms with Gasteiger partial charge < -0.3 is 0 Å². The normalized spacial score (nSPS) is 11.9. The first-order valence-corrected chi connectivity index (χ1v) is 14.8. The van der Waals surface area contributed by atoms with Crippen molar-refractivity contribution in [2.24, 2.45) is 0 Å². The lowest BCUT2D eigenvalue weighted by Gasteiger charge is -2.24. The minimum atomic E-state index is 1.01. The molecule has 1 aliphatic rings. The monoisotopic (exact) mass is 537 g/mol. The second-order valence-corrected chi connectivity index (χ2v) is 11.7. The van der Waals surface area contributed by atoms with Crippen LogP contribution < -0.4 is 0 Å². The fraction of sp³-hybridized carbons (Fsp3) is 0. The van der Waals surface area contributed by atoms with Crippen LogP contribution in [0.15, 0.2) is 140 Å². The van der Waals surface area contributed by atoms with E-state index in [1.54, 1.807) is 0 Å². The molecule has 0 spiro atoms. The molecule has 41 heavy (non-hydrogen) atoms. The lowest BCUT2D eigenvalue weighted by atomic mass is 9.80. The van der Waals surface area contributed by atoms with Crippen LogP contribution in [-0.4, -0.2) is 4.98 Å². The molecule has 1 aliphatic carbocycles. The van der Waals surface area contributed by atoms with E-state index in [2.05, 4.69) is 140 Å². The van der Waals surface area contributed by atoms with Gasteiger partial charge >= 0.3 is 0 Å². The topological polar surface area (TPSA) is 12.9 Å². The van der Waals surface area contributed by atoms with Gasteiger partial charge in [-0.25, -0.2) is 4.98 Å². The van der Waals surface area contributed by atoms with E-state index in [9.17, 15) is 0 Å². The number of fused-ring (bicyclic) bond motifs is 13. The van der Waals surface area contributed by atoms with Gasteiger partial charge in [0.25, 0.3) is 0 Å². The van der Waals surface area contributed by atoms with Gasteiger partial charge in [0.2, 0.25) is 0 Å². The Bertz CT molecular complexity index is 2320. The Morgan fingerprint density at radius 1 is 0.366 bits per heavy atom. The van der Waals surface area contributed by atoms with Crippen molar-refractivity contribution < 1.29 is 0 Å². The van der Waals surface area contributed by atoms with E-state index in [0.29, 0.717) is 0 Å². The van der Waals surface area contributed by atoms with E-state index < -0.39 is 0 Å². The zero-order chi connectivity index (χ0) is 26.9. The summed E-state index contributed by atoms with van der Waals surface area (Å²) in [5, 5.41) is 3.79. The molecule has 0 unspecified atom stereocenters. The summed E-state index contributed by atoms with van der Waals surface area (Å²) in [6.07, 6.45) is 0. The number of nitrogens with zero attached hydrogens (tertiary/aromatic N) is 1. The molecule has 0 saturated carbocycles. The van der Waals surface area contributed by atoms with Crippen LogP contribution in [0, 0.1) is 0 Å². The molecule has 0 bridgehead atoms. The minimum absolute atomic E-state index is 1.01. The highest BCUT2D eigenvalue weighted by Crippen LogP contribution is 2.49. The number of rotatable bonds is 1. The van der Waals surface area contributed by atoms with Gasteiger partial charge in [-0.2, -0.15) is 0 Å². The molecule has 0 atom stereocenters. The van der Waals surface area contributed by atoms with Crippen LogP contribution in [-0.2, 0) is 0 Å².